The van der Waals surface area contributed by atoms with Gasteiger partial charge in [-0.1, -0.05) is 23.8 Å². The molecule has 2 amide bonds. The van der Waals surface area contributed by atoms with Crippen molar-refractivity contribution in [2.45, 2.75) is 12.8 Å². The van der Waals surface area contributed by atoms with Crippen LogP contribution in [0.2, 0.25) is 5.02 Å². The highest BCUT2D eigenvalue weighted by molar-refractivity contribution is 6.31. The van der Waals surface area contributed by atoms with Gasteiger partial charge in [-0.2, -0.15) is 0 Å². The van der Waals surface area contributed by atoms with Crippen molar-refractivity contribution >= 4 is 29.1 Å². The van der Waals surface area contributed by atoms with E-state index < -0.39 is 0 Å². The van der Waals surface area contributed by atoms with Gasteiger partial charge < -0.3 is 4.74 Å². The number of allylic oxidation sites excluding steroid dienone is 2. The van der Waals surface area contributed by atoms with Gasteiger partial charge in [0, 0.05) is 5.02 Å². The molecule has 3 fully saturated rings. The second-order valence-electron chi connectivity index (χ2n) is 7.05. The molecular weight excluding hydrogens is 314 g/mol. The van der Waals surface area contributed by atoms with Crippen molar-refractivity contribution in [1.82, 2.24) is 0 Å². The molecule has 118 valence electrons. The highest BCUT2D eigenvalue weighted by Gasteiger charge is 2.73. The topological polar surface area (TPSA) is 46.6 Å². The molecule has 1 spiro atoms. The van der Waals surface area contributed by atoms with Crippen molar-refractivity contribution in [2.24, 2.45) is 29.1 Å². The zero-order valence-electron chi connectivity index (χ0n) is 12.7. The number of nitrogens with zero attached hydrogens (tertiary/aromatic N) is 1. The highest BCUT2D eigenvalue weighted by atomic mass is 35.5. The number of fused-ring (bicyclic) bond motifs is 3. The average Bonchev–Trinajstić information content (AvgIpc) is 3.13. The summed E-state index contributed by atoms with van der Waals surface area (Å²) in [5, 5.41) is 0.484. The Bertz CT molecular complexity index is 748. The van der Waals surface area contributed by atoms with Gasteiger partial charge in [0.15, 0.2) is 0 Å². The third-order valence-electron chi connectivity index (χ3n) is 6.23. The number of hydrogen-bond donors (Lipinski definition) is 0. The minimum atomic E-state index is -0.205. The van der Waals surface area contributed by atoms with E-state index >= 15 is 0 Å². The molecule has 4 atom stereocenters. The molecule has 0 radical (unpaired) electrons. The summed E-state index contributed by atoms with van der Waals surface area (Å²) in [5.41, 5.74) is 0.680. The third kappa shape index (κ3) is 1.48. The van der Waals surface area contributed by atoms with Gasteiger partial charge in [0.05, 0.1) is 24.6 Å². The number of hydrogen-bond acceptors (Lipinski definition) is 3. The number of methoxy groups -OCH3 is 1. The molecular formula is C18H16ClNO3. The number of ether oxygens (including phenoxy) is 1. The van der Waals surface area contributed by atoms with E-state index in [9.17, 15) is 9.59 Å². The van der Waals surface area contributed by atoms with E-state index in [-0.39, 0.29) is 40.9 Å². The Hall–Kier alpha value is -1.81. The Kier molecular flexibility index (Phi) is 2.47. The lowest BCUT2D eigenvalue weighted by Crippen LogP contribution is -2.35. The third-order valence-corrected chi connectivity index (χ3v) is 6.47. The van der Waals surface area contributed by atoms with Crippen LogP contribution in [0, 0.1) is 29.1 Å². The summed E-state index contributed by atoms with van der Waals surface area (Å²) in [6.07, 6.45) is 6.62. The van der Waals surface area contributed by atoms with Crippen LogP contribution in [0.4, 0.5) is 5.69 Å². The molecule has 1 saturated heterocycles. The maximum absolute atomic E-state index is 13.1. The van der Waals surface area contributed by atoms with Gasteiger partial charge in [-0.15, -0.1) is 0 Å². The number of carbonyl (C=O) groups is 2. The molecule has 23 heavy (non-hydrogen) atoms. The van der Waals surface area contributed by atoms with Crippen molar-refractivity contribution in [2.75, 3.05) is 12.0 Å². The summed E-state index contributed by atoms with van der Waals surface area (Å²) in [5.74, 6) is 0.352. The Morgan fingerprint density at radius 2 is 1.74 bits per heavy atom. The summed E-state index contributed by atoms with van der Waals surface area (Å²) in [6.45, 7) is 0. The predicted molar refractivity (Wildman–Crippen MR) is 85.3 cm³/mol. The molecule has 1 aliphatic heterocycles. The fourth-order valence-electron chi connectivity index (χ4n) is 5.15. The molecule has 0 N–H and O–H groups in total. The Morgan fingerprint density at radius 3 is 2.26 bits per heavy atom. The van der Waals surface area contributed by atoms with Gasteiger partial charge in [-0.05, 0) is 48.3 Å². The van der Waals surface area contributed by atoms with E-state index in [1.54, 1.807) is 18.2 Å². The number of carbonyl (C=O) groups excluding carboxylic acids is 2. The van der Waals surface area contributed by atoms with Crippen LogP contribution in [0.15, 0.2) is 30.4 Å². The van der Waals surface area contributed by atoms with Crippen molar-refractivity contribution in [3.8, 4) is 5.75 Å². The molecule has 3 aliphatic carbocycles. The Balaban J connectivity index is 1.60. The fourth-order valence-corrected chi connectivity index (χ4v) is 5.32. The van der Waals surface area contributed by atoms with Crippen molar-refractivity contribution in [3.05, 3.63) is 35.4 Å². The van der Waals surface area contributed by atoms with Crippen LogP contribution in [0.5, 0.6) is 5.75 Å². The Morgan fingerprint density at radius 1 is 1.13 bits per heavy atom. The second-order valence-corrected chi connectivity index (χ2v) is 7.49. The maximum atomic E-state index is 13.1. The predicted octanol–water partition coefficient (Wildman–Crippen LogP) is 3.05. The summed E-state index contributed by atoms with van der Waals surface area (Å²) in [4.78, 5) is 27.4. The number of imide groups is 1. The maximum Gasteiger partial charge on any atom is 0.238 e. The molecule has 1 heterocycles. The SMILES string of the molecule is COc1ccc(Cl)cc1N1C(=O)[C@@H]2[C@@H](C1=O)[C@@H]1C=C[C@@H]2C12CC2. The molecule has 4 nitrogen and oxygen atoms in total. The van der Waals surface area contributed by atoms with Crippen LogP contribution in [0.1, 0.15) is 12.8 Å². The van der Waals surface area contributed by atoms with Crippen molar-refractivity contribution in [3.63, 3.8) is 0 Å². The van der Waals surface area contributed by atoms with Crippen LogP contribution < -0.4 is 9.64 Å². The van der Waals surface area contributed by atoms with Crippen LogP contribution >= 0.6 is 11.6 Å². The standard InChI is InChI=1S/C18H16ClNO3/c1-23-13-5-2-9(19)8-12(13)20-16(21)14-10-3-4-11(15(14)17(20)22)18(10)6-7-18/h2-5,8,10-11,14-15H,6-7H2,1H3/t10-,11-,14-,15-/m0/s1. The minimum Gasteiger partial charge on any atom is -0.495 e. The van der Waals surface area contributed by atoms with Crippen molar-refractivity contribution in [1.29, 1.82) is 0 Å². The molecule has 0 unspecified atom stereocenters. The molecule has 2 saturated carbocycles. The van der Waals surface area contributed by atoms with Crippen LogP contribution in [-0.2, 0) is 9.59 Å². The first kappa shape index (κ1) is 13.6. The minimum absolute atomic E-state index is 0.0938. The Labute approximate surface area is 139 Å². The molecule has 5 heteroatoms. The second kappa shape index (κ2) is 4.18. The molecule has 5 rings (SSSR count). The smallest absolute Gasteiger partial charge is 0.238 e. The number of amides is 2. The van der Waals surface area contributed by atoms with Gasteiger partial charge in [0.25, 0.3) is 0 Å². The van der Waals surface area contributed by atoms with E-state index in [2.05, 4.69) is 12.2 Å². The lowest BCUT2D eigenvalue weighted by Gasteiger charge is -2.23. The summed E-state index contributed by atoms with van der Waals surface area (Å²) in [6, 6.07) is 5.03. The van der Waals surface area contributed by atoms with E-state index in [0.717, 1.165) is 12.8 Å². The summed E-state index contributed by atoms with van der Waals surface area (Å²) < 4.78 is 5.33. The summed E-state index contributed by atoms with van der Waals surface area (Å²) >= 11 is 6.08. The van der Waals surface area contributed by atoms with E-state index in [4.69, 9.17) is 16.3 Å². The van der Waals surface area contributed by atoms with E-state index in [1.807, 2.05) is 0 Å². The molecule has 4 aliphatic rings. The zero-order chi connectivity index (χ0) is 15.9. The van der Waals surface area contributed by atoms with Gasteiger partial charge in [-0.3, -0.25) is 9.59 Å². The molecule has 2 bridgehead atoms. The first-order valence-corrected chi connectivity index (χ1v) is 8.36. The zero-order valence-corrected chi connectivity index (χ0v) is 13.4. The molecule has 0 aromatic heterocycles. The fraction of sp³-hybridized carbons (Fsp3) is 0.444. The largest absolute Gasteiger partial charge is 0.495 e. The number of halogens is 1. The van der Waals surface area contributed by atoms with Crippen LogP contribution in [0.3, 0.4) is 0 Å². The highest BCUT2D eigenvalue weighted by Crippen LogP contribution is 2.73. The lowest BCUT2D eigenvalue weighted by atomic mass is 9.85. The van der Waals surface area contributed by atoms with Gasteiger partial charge in [0.2, 0.25) is 11.8 Å². The van der Waals surface area contributed by atoms with E-state index in [0.29, 0.717) is 16.5 Å². The number of anilines is 1. The first-order valence-electron chi connectivity index (χ1n) is 7.98. The van der Waals surface area contributed by atoms with Crippen LogP contribution in [0.25, 0.3) is 0 Å². The van der Waals surface area contributed by atoms with E-state index in [1.165, 1.54) is 12.0 Å². The lowest BCUT2D eigenvalue weighted by molar-refractivity contribution is -0.123. The van der Waals surface area contributed by atoms with Gasteiger partial charge in [-0.25, -0.2) is 4.90 Å². The first-order chi connectivity index (χ1) is 11.1. The average molecular weight is 330 g/mol. The monoisotopic (exact) mass is 329 g/mol. The number of benzene rings is 1. The number of rotatable bonds is 2. The summed E-state index contributed by atoms with van der Waals surface area (Å²) in [7, 11) is 1.53. The quantitative estimate of drug-likeness (QED) is 0.619. The molecule has 1 aromatic rings. The van der Waals surface area contributed by atoms with Gasteiger partial charge >= 0.3 is 0 Å². The normalized spacial score (nSPS) is 35.3. The van der Waals surface area contributed by atoms with Gasteiger partial charge in [0.1, 0.15) is 5.75 Å². The molecule has 1 aromatic carbocycles. The van der Waals surface area contributed by atoms with Crippen LogP contribution in [-0.4, -0.2) is 18.9 Å². The van der Waals surface area contributed by atoms with Crippen molar-refractivity contribution < 1.29 is 14.3 Å².